The highest BCUT2D eigenvalue weighted by atomic mass is 35.5. The third-order valence-corrected chi connectivity index (χ3v) is 4.45. The third kappa shape index (κ3) is 3.52. The molecule has 1 aliphatic rings. The molecule has 136 valence electrons. The summed E-state index contributed by atoms with van der Waals surface area (Å²) in [6, 6.07) is 1.68. The Hall–Kier alpha value is -2.01. The van der Waals surface area contributed by atoms with Gasteiger partial charge in [0.25, 0.3) is 0 Å². The van der Waals surface area contributed by atoms with E-state index in [1.54, 1.807) is 6.07 Å². The fraction of sp³-hybridized carbons (Fsp3) is 0.421. The van der Waals surface area contributed by atoms with Gasteiger partial charge in [0.1, 0.15) is 16.4 Å². The molecule has 0 spiro atoms. The summed E-state index contributed by atoms with van der Waals surface area (Å²) < 4.78 is 25.3. The Labute approximate surface area is 151 Å². The van der Waals surface area contributed by atoms with E-state index < -0.39 is 17.4 Å². The topological polar surface area (TPSA) is 55.8 Å². The normalized spacial score (nSPS) is 16.6. The molecular weight excluding hydrogens is 347 g/mol. The minimum atomic E-state index is -1.63. The molecule has 1 aliphatic heterocycles. The summed E-state index contributed by atoms with van der Waals surface area (Å²) in [4.78, 5) is 11.0. The smallest absolute Gasteiger partial charge is 0.365 e. The van der Waals surface area contributed by atoms with Crippen molar-refractivity contribution in [2.24, 2.45) is 5.92 Å². The van der Waals surface area contributed by atoms with Crippen molar-refractivity contribution >= 4 is 28.7 Å². The first-order valence-corrected chi connectivity index (χ1v) is 8.30. The number of halogens is 2. The van der Waals surface area contributed by atoms with Crippen LogP contribution in [0, 0.1) is 5.92 Å². The van der Waals surface area contributed by atoms with Gasteiger partial charge in [-0.15, -0.1) is 0 Å². The van der Waals surface area contributed by atoms with Crippen LogP contribution in [0.4, 0.5) is 4.39 Å². The van der Waals surface area contributed by atoms with Crippen LogP contribution in [-0.2, 0) is 4.79 Å². The molecule has 0 unspecified atom stereocenters. The molecule has 0 amide bonds. The van der Waals surface area contributed by atoms with E-state index in [0.29, 0.717) is 16.9 Å². The minimum Gasteiger partial charge on any atom is -0.494 e. The van der Waals surface area contributed by atoms with Gasteiger partial charge >= 0.3 is 5.97 Å². The lowest BCUT2D eigenvalue weighted by Crippen LogP contribution is -2.30. The number of hydrogen-bond acceptors (Lipinski definition) is 3. The molecule has 0 saturated carbocycles. The second-order valence-corrected chi connectivity index (χ2v) is 7.23. The van der Waals surface area contributed by atoms with Crippen LogP contribution in [0.5, 0.6) is 11.5 Å². The maximum absolute atomic E-state index is 14.0. The number of aliphatic carboxylic acids is 1. The van der Waals surface area contributed by atoms with Crippen molar-refractivity contribution < 1.29 is 23.8 Å². The molecule has 0 atom stereocenters. The van der Waals surface area contributed by atoms with E-state index in [1.165, 1.54) is 14.0 Å². The quantitative estimate of drug-likeness (QED) is 0.728. The summed E-state index contributed by atoms with van der Waals surface area (Å²) >= 11 is 6.49. The van der Waals surface area contributed by atoms with E-state index >= 15 is 0 Å². The predicted octanol–water partition coefficient (Wildman–Crippen LogP) is 5.34. The minimum absolute atomic E-state index is 0.0537. The van der Waals surface area contributed by atoms with Crippen LogP contribution in [0.3, 0.4) is 0 Å². The lowest BCUT2D eigenvalue weighted by Gasteiger charge is -2.34. The Bertz CT molecular complexity index is 791. The standard InChI is InChI=1S/C19H22ClFO4/c1-9(2)13-8-19(4,5)25-17-12(13)7-11(16(24-6)14(17)20)10(3)15(21)18(22)23/h7-9H,1-6H3,(H,22,23). The van der Waals surface area contributed by atoms with Gasteiger partial charge in [0.2, 0.25) is 5.83 Å². The number of methoxy groups -OCH3 is 1. The molecule has 0 radical (unpaired) electrons. The van der Waals surface area contributed by atoms with E-state index in [9.17, 15) is 9.18 Å². The number of fused-ring (bicyclic) bond motifs is 1. The number of carbonyl (C=O) groups is 1. The van der Waals surface area contributed by atoms with Crippen LogP contribution in [0.1, 0.15) is 45.7 Å². The maximum Gasteiger partial charge on any atom is 0.365 e. The predicted molar refractivity (Wildman–Crippen MR) is 96.9 cm³/mol. The Morgan fingerprint density at radius 1 is 1.40 bits per heavy atom. The highest BCUT2D eigenvalue weighted by Gasteiger charge is 2.32. The molecule has 1 aromatic carbocycles. The number of benzene rings is 1. The number of ether oxygens (including phenoxy) is 2. The van der Waals surface area contributed by atoms with Gasteiger partial charge in [0.15, 0.2) is 5.75 Å². The molecule has 4 nitrogen and oxygen atoms in total. The van der Waals surface area contributed by atoms with Crippen LogP contribution < -0.4 is 9.47 Å². The number of carboxylic acid groups (broad SMARTS) is 1. The molecule has 1 aromatic rings. The van der Waals surface area contributed by atoms with Crippen molar-refractivity contribution in [2.45, 2.75) is 40.2 Å². The molecule has 0 saturated heterocycles. The summed E-state index contributed by atoms with van der Waals surface area (Å²) in [5, 5.41) is 9.15. The first-order valence-electron chi connectivity index (χ1n) is 7.92. The zero-order valence-corrected chi connectivity index (χ0v) is 15.9. The Kier molecular flexibility index (Phi) is 5.19. The van der Waals surface area contributed by atoms with Gasteiger partial charge in [0.05, 0.1) is 7.11 Å². The molecule has 25 heavy (non-hydrogen) atoms. The molecule has 0 bridgehead atoms. The van der Waals surface area contributed by atoms with Crippen molar-refractivity contribution in [3.8, 4) is 11.5 Å². The SMILES string of the molecule is COc1c(C(C)=C(F)C(=O)O)cc2c(c1Cl)OC(C)(C)C=C2C(C)C. The first kappa shape index (κ1) is 19.3. The van der Waals surface area contributed by atoms with Crippen molar-refractivity contribution in [2.75, 3.05) is 7.11 Å². The lowest BCUT2D eigenvalue weighted by atomic mass is 9.86. The van der Waals surface area contributed by atoms with Crippen LogP contribution in [0.2, 0.25) is 5.02 Å². The van der Waals surface area contributed by atoms with E-state index in [1.807, 2.05) is 33.8 Å². The summed E-state index contributed by atoms with van der Waals surface area (Å²) in [6.45, 7) is 9.30. The van der Waals surface area contributed by atoms with Gasteiger partial charge in [-0.2, -0.15) is 4.39 Å². The number of allylic oxidation sites excluding steroid dienone is 2. The highest BCUT2D eigenvalue weighted by Crippen LogP contribution is 2.50. The van der Waals surface area contributed by atoms with Gasteiger partial charge in [-0.1, -0.05) is 25.4 Å². The number of hydrogen-bond donors (Lipinski definition) is 1. The summed E-state index contributed by atoms with van der Waals surface area (Å²) in [7, 11) is 1.40. The Morgan fingerprint density at radius 2 is 2.00 bits per heavy atom. The molecule has 0 aliphatic carbocycles. The second kappa shape index (κ2) is 6.71. The highest BCUT2D eigenvalue weighted by molar-refractivity contribution is 6.34. The van der Waals surface area contributed by atoms with E-state index in [-0.39, 0.29) is 22.3 Å². The molecule has 0 aromatic heterocycles. The fourth-order valence-corrected chi connectivity index (χ4v) is 3.23. The van der Waals surface area contributed by atoms with Gasteiger partial charge in [-0.3, -0.25) is 0 Å². The van der Waals surface area contributed by atoms with Gasteiger partial charge in [-0.25, -0.2) is 4.79 Å². The van der Waals surface area contributed by atoms with Crippen LogP contribution in [0.15, 0.2) is 18.0 Å². The van der Waals surface area contributed by atoms with Crippen molar-refractivity contribution in [3.63, 3.8) is 0 Å². The molecule has 2 rings (SSSR count). The number of rotatable bonds is 4. The Balaban J connectivity index is 2.85. The zero-order valence-electron chi connectivity index (χ0n) is 15.2. The maximum atomic E-state index is 14.0. The molecular formula is C19H22ClFO4. The van der Waals surface area contributed by atoms with Crippen LogP contribution in [0.25, 0.3) is 11.1 Å². The monoisotopic (exact) mass is 368 g/mol. The summed E-state index contributed by atoms with van der Waals surface area (Å²) in [6.07, 6.45) is 2.00. The van der Waals surface area contributed by atoms with Gasteiger partial charge < -0.3 is 14.6 Å². The molecule has 1 N–H and O–H groups in total. The van der Waals surface area contributed by atoms with Crippen molar-refractivity contribution in [3.05, 3.63) is 34.1 Å². The number of carboxylic acids is 1. The average Bonchev–Trinajstić information content (AvgIpc) is 2.52. The van der Waals surface area contributed by atoms with Crippen LogP contribution >= 0.6 is 11.6 Å². The third-order valence-electron chi connectivity index (χ3n) is 4.10. The van der Waals surface area contributed by atoms with Gasteiger partial charge in [0, 0.05) is 16.7 Å². The Morgan fingerprint density at radius 3 is 2.48 bits per heavy atom. The van der Waals surface area contributed by atoms with E-state index in [2.05, 4.69) is 0 Å². The summed E-state index contributed by atoms with van der Waals surface area (Å²) in [5.41, 5.74) is 1.40. The molecule has 6 heteroatoms. The first-order chi connectivity index (χ1) is 11.5. The molecule has 0 fully saturated rings. The second-order valence-electron chi connectivity index (χ2n) is 6.85. The summed E-state index contributed by atoms with van der Waals surface area (Å²) in [5.74, 6) is -2.06. The fourth-order valence-electron chi connectivity index (χ4n) is 2.91. The van der Waals surface area contributed by atoms with Crippen LogP contribution in [-0.4, -0.2) is 23.8 Å². The largest absolute Gasteiger partial charge is 0.494 e. The zero-order chi connectivity index (χ0) is 19.1. The average molecular weight is 369 g/mol. The lowest BCUT2D eigenvalue weighted by molar-refractivity contribution is -0.134. The van der Waals surface area contributed by atoms with Crippen molar-refractivity contribution in [1.29, 1.82) is 0 Å². The van der Waals surface area contributed by atoms with E-state index in [0.717, 1.165) is 5.57 Å². The van der Waals surface area contributed by atoms with Gasteiger partial charge in [-0.05, 0) is 44.4 Å². The molecule has 1 heterocycles. The van der Waals surface area contributed by atoms with Crippen molar-refractivity contribution in [1.82, 2.24) is 0 Å². The van der Waals surface area contributed by atoms with E-state index in [4.69, 9.17) is 26.2 Å².